The summed E-state index contributed by atoms with van der Waals surface area (Å²) < 4.78 is 12.9. The molecular formula is C22H22N2O3. The summed E-state index contributed by atoms with van der Waals surface area (Å²) in [6.07, 6.45) is 5.77. The van der Waals surface area contributed by atoms with E-state index in [1.165, 1.54) is 30.3 Å². The normalized spacial score (nSPS) is 14.0. The van der Waals surface area contributed by atoms with Gasteiger partial charge in [0.2, 0.25) is 0 Å². The van der Waals surface area contributed by atoms with Crippen LogP contribution in [0.1, 0.15) is 41.5 Å². The second-order valence-corrected chi connectivity index (χ2v) is 6.92. The number of nitrogens with zero attached hydrogens (tertiary/aromatic N) is 2. The number of rotatable bonds is 6. The molecule has 5 heteroatoms. The molecule has 0 atom stereocenters. The summed E-state index contributed by atoms with van der Waals surface area (Å²) in [5, 5.41) is 3.96. The Hall–Kier alpha value is -3.08. The Bertz CT molecular complexity index is 978. The fourth-order valence-electron chi connectivity index (χ4n) is 3.34. The molecule has 1 saturated carbocycles. The molecule has 1 aromatic carbocycles. The van der Waals surface area contributed by atoms with Gasteiger partial charge in [-0.3, -0.25) is 0 Å². The summed E-state index contributed by atoms with van der Waals surface area (Å²) >= 11 is 0. The average molecular weight is 362 g/mol. The van der Waals surface area contributed by atoms with Crippen LogP contribution in [-0.2, 0) is 16.1 Å². The van der Waals surface area contributed by atoms with E-state index in [-0.39, 0.29) is 6.61 Å². The highest BCUT2D eigenvalue weighted by atomic mass is 16.5. The molecule has 27 heavy (non-hydrogen) atoms. The lowest BCUT2D eigenvalue weighted by molar-refractivity contribution is -0.139. The Morgan fingerprint density at radius 3 is 2.78 bits per heavy atom. The number of aromatic nitrogens is 2. The predicted molar refractivity (Wildman–Crippen MR) is 103 cm³/mol. The van der Waals surface area contributed by atoms with Crippen LogP contribution in [0.3, 0.4) is 0 Å². The molecule has 2 heterocycles. The van der Waals surface area contributed by atoms with Crippen LogP contribution in [-0.4, -0.2) is 15.7 Å². The molecule has 4 rings (SSSR count). The third-order valence-corrected chi connectivity index (χ3v) is 4.81. The molecule has 1 aliphatic carbocycles. The first-order valence-corrected chi connectivity index (χ1v) is 9.16. The van der Waals surface area contributed by atoms with Gasteiger partial charge in [0.15, 0.2) is 5.76 Å². The lowest BCUT2D eigenvalue weighted by Gasteiger charge is -2.06. The van der Waals surface area contributed by atoms with E-state index in [0.717, 1.165) is 11.1 Å². The third-order valence-electron chi connectivity index (χ3n) is 4.81. The third kappa shape index (κ3) is 3.87. The molecule has 0 bridgehead atoms. The zero-order chi connectivity index (χ0) is 18.8. The van der Waals surface area contributed by atoms with E-state index in [9.17, 15) is 4.79 Å². The quantitative estimate of drug-likeness (QED) is 0.464. The highest BCUT2D eigenvalue weighted by Crippen LogP contribution is 2.38. The lowest BCUT2D eigenvalue weighted by atomic mass is 10.2. The number of ether oxygens (including phenoxy) is 1. The van der Waals surface area contributed by atoms with Gasteiger partial charge < -0.3 is 13.8 Å². The van der Waals surface area contributed by atoms with Crippen LogP contribution in [0.25, 0.3) is 17.4 Å². The smallest absolute Gasteiger partial charge is 0.331 e. The number of carbonyl (C=O) groups excluding carboxylic acids is 1. The molecule has 1 fully saturated rings. The van der Waals surface area contributed by atoms with E-state index in [2.05, 4.69) is 29.6 Å². The average Bonchev–Trinajstić information content (AvgIpc) is 3.31. The van der Waals surface area contributed by atoms with Crippen molar-refractivity contribution in [2.24, 2.45) is 0 Å². The van der Waals surface area contributed by atoms with E-state index in [4.69, 9.17) is 9.26 Å². The van der Waals surface area contributed by atoms with Gasteiger partial charge in [0.1, 0.15) is 12.3 Å². The van der Waals surface area contributed by atoms with Gasteiger partial charge in [-0.05, 0) is 44.4 Å². The van der Waals surface area contributed by atoms with E-state index in [0.29, 0.717) is 17.5 Å². The number of hydrogen-bond acceptors (Lipinski definition) is 4. The second-order valence-electron chi connectivity index (χ2n) is 6.92. The van der Waals surface area contributed by atoms with Crippen LogP contribution in [0, 0.1) is 13.8 Å². The molecule has 3 aromatic rings. The van der Waals surface area contributed by atoms with Crippen molar-refractivity contribution in [3.63, 3.8) is 0 Å². The van der Waals surface area contributed by atoms with E-state index in [1.807, 2.05) is 36.4 Å². The molecule has 138 valence electrons. The largest absolute Gasteiger partial charge is 0.456 e. The molecule has 0 N–H and O–H groups in total. The van der Waals surface area contributed by atoms with Crippen LogP contribution in [0.5, 0.6) is 0 Å². The Balaban J connectivity index is 1.36. The maximum atomic E-state index is 12.0. The summed E-state index contributed by atoms with van der Waals surface area (Å²) in [5.41, 5.74) is 5.02. The van der Waals surface area contributed by atoms with Crippen LogP contribution in [0.2, 0.25) is 0 Å². The standard InChI is InChI=1S/C22H22N2O3/c1-15-12-18(16(2)24(15)20-9-10-20)8-11-22(25)26-14-19-13-21(27-23-19)17-6-4-3-5-7-17/h3-8,11-13,20H,9-10,14H2,1-2H3/b11-8+. The molecule has 0 unspecified atom stereocenters. The van der Waals surface area contributed by atoms with Crippen LogP contribution >= 0.6 is 0 Å². The molecule has 0 spiro atoms. The topological polar surface area (TPSA) is 57.3 Å². The van der Waals surface area contributed by atoms with Gasteiger partial charge in [-0.1, -0.05) is 35.5 Å². The molecule has 0 aliphatic heterocycles. The van der Waals surface area contributed by atoms with Gasteiger partial charge in [0, 0.05) is 35.1 Å². The fraction of sp³-hybridized carbons (Fsp3) is 0.273. The summed E-state index contributed by atoms with van der Waals surface area (Å²) in [4.78, 5) is 12.0. The molecule has 0 amide bonds. The zero-order valence-electron chi connectivity index (χ0n) is 15.5. The van der Waals surface area contributed by atoms with Crippen molar-refractivity contribution in [2.75, 3.05) is 0 Å². The molecule has 2 aromatic heterocycles. The number of hydrogen-bond donors (Lipinski definition) is 0. The monoisotopic (exact) mass is 362 g/mol. The van der Waals surface area contributed by atoms with E-state index in [1.54, 1.807) is 6.07 Å². The number of aryl methyl sites for hydroxylation is 1. The van der Waals surface area contributed by atoms with Gasteiger partial charge >= 0.3 is 5.97 Å². The van der Waals surface area contributed by atoms with Crippen molar-refractivity contribution in [1.82, 2.24) is 9.72 Å². The van der Waals surface area contributed by atoms with Crippen molar-refractivity contribution in [3.05, 3.63) is 71.2 Å². The first-order valence-electron chi connectivity index (χ1n) is 9.16. The van der Waals surface area contributed by atoms with Crippen molar-refractivity contribution < 1.29 is 14.1 Å². The van der Waals surface area contributed by atoms with Crippen molar-refractivity contribution in [3.8, 4) is 11.3 Å². The molecular weight excluding hydrogens is 340 g/mol. The predicted octanol–water partition coefficient (Wildman–Crippen LogP) is 4.85. The summed E-state index contributed by atoms with van der Waals surface area (Å²) in [6, 6.07) is 14.2. The highest BCUT2D eigenvalue weighted by molar-refractivity contribution is 5.87. The molecule has 0 radical (unpaired) electrons. The van der Waals surface area contributed by atoms with Crippen LogP contribution in [0.4, 0.5) is 0 Å². The van der Waals surface area contributed by atoms with Gasteiger partial charge in [-0.25, -0.2) is 4.79 Å². The molecule has 5 nitrogen and oxygen atoms in total. The maximum Gasteiger partial charge on any atom is 0.331 e. The SMILES string of the molecule is Cc1cc(/C=C/C(=O)OCc2cc(-c3ccccc3)on2)c(C)n1C1CC1. The summed E-state index contributed by atoms with van der Waals surface area (Å²) in [5.74, 6) is 0.264. The van der Waals surface area contributed by atoms with Crippen molar-refractivity contribution in [2.45, 2.75) is 39.3 Å². The Morgan fingerprint density at radius 2 is 2.04 bits per heavy atom. The zero-order valence-corrected chi connectivity index (χ0v) is 15.5. The molecule has 1 aliphatic rings. The summed E-state index contributed by atoms with van der Waals surface area (Å²) in [6.45, 7) is 4.29. The minimum absolute atomic E-state index is 0.0839. The minimum atomic E-state index is -0.393. The lowest BCUT2D eigenvalue weighted by Crippen LogP contribution is -2.01. The van der Waals surface area contributed by atoms with Crippen molar-refractivity contribution >= 4 is 12.0 Å². The molecule has 0 saturated heterocycles. The minimum Gasteiger partial charge on any atom is -0.456 e. The van der Waals surface area contributed by atoms with E-state index < -0.39 is 5.97 Å². The van der Waals surface area contributed by atoms with Gasteiger partial charge in [0.05, 0.1) is 0 Å². The van der Waals surface area contributed by atoms with Gasteiger partial charge in [-0.15, -0.1) is 0 Å². The van der Waals surface area contributed by atoms with Gasteiger partial charge in [0.25, 0.3) is 0 Å². The van der Waals surface area contributed by atoms with Crippen LogP contribution in [0.15, 0.2) is 53.1 Å². The van der Waals surface area contributed by atoms with Crippen molar-refractivity contribution in [1.29, 1.82) is 0 Å². The van der Waals surface area contributed by atoms with E-state index >= 15 is 0 Å². The number of benzene rings is 1. The Kier molecular flexibility index (Phi) is 4.67. The Morgan fingerprint density at radius 1 is 1.26 bits per heavy atom. The number of carbonyl (C=O) groups is 1. The van der Waals surface area contributed by atoms with Crippen LogP contribution < -0.4 is 0 Å². The summed E-state index contributed by atoms with van der Waals surface area (Å²) in [7, 11) is 0. The highest BCUT2D eigenvalue weighted by Gasteiger charge is 2.26. The maximum absolute atomic E-state index is 12.0. The Labute approximate surface area is 158 Å². The van der Waals surface area contributed by atoms with Gasteiger partial charge in [-0.2, -0.15) is 0 Å². The fourth-order valence-corrected chi connectivity index (χ4v) is 3.34. The second kappa shape index (κ2) is 7.27. The number of esters is 1. The first kappa shape index (κ1) is 17.3. The first-order chi connectivity index (χ1) is 13.1.